The van der Waals surface area contributed by atoms with E-state index in [4.69, 9.17) is 0 Å². The number of rotatable bonds is 7. The third-order valence-corrected chi connectivity index (χ3v) is 5.03. The second-order valence-corrected chi connectivity index (χ2v) is 6.91. The predicted molar refractivity (Wildman–Crippen MR) is 90.6 cm³/mol. The van der Waals surface area contributed by atoms with E-state index in [9.17, 15) is 0 Å². The standard InChI is InChI=1S/C18H31N3/c1-5-18(6-2)8-10-21(14-18)17-13-19-9-7-16(17)12-20-11-15(3)4/h7,9,13,15,20H,5-6,8,10-12,14H2,1-4H3. The Morgan fingerprint density at radius 1 is 1.33 bits per heavy atom. The molecule has 0 aliphatic carbocycles. The molecule has 0 unspecified atom stereocenters. The number of anilines is 1. The molecule has 0 radical (unpaired) electrons. The first-order valence-corrected chi connectivity index (χ1v) is 8.49. The minimum absolute atomic E-state index is 0.512. The van der Waals surface area contributed by atoms with Gasteiger partial charge in [-0.3, -0.25) is 4.98 Å². The Morgan fingerprint density at radius 3 is 2.71 bits per heavy atom. The van der Waals surface area contributed by atoms with Crippen LogP contribution in [0.4, 0.5) is 5.69 Å². The molecule has 2 rings (SSSR count). The second-order valence-electron chi connectivity index (χ2n) is 6.91. The molecule has 0 spiro atoms. The number of nitrogens with one attached hydrogen (secondary N) is 1. The Kier molecular flexibility index (Phi) is 5.63. The predicted octanol–water partition coefficient (Wildman–Crippen LogP) is 3.84. The Morgan fingerprint density at radius 2 is 2.10 bits per heavy atom. The molecule has 1 aliphatic rings. The maximum absolute atomic E-state index is 4.36. The molecule has 1 aliphatic heterocycles. The lowest BCUT2D eigenvalue weighted by molar-refractivity contribution is 0.301. The molecule has 0 atom stereocenters. The first-order valence-electron chi connectivity index (χ1n) is 8.49. The van der Waals surface area contributed by atoms with E-state index in [-0.39, 0.29) is 0 Å². The van der Waals surface area contributed by atoms with Crippen LogP contribution in [0.2, 0.25) is 0 Å². The molecule has 3 nitrogen and oxygen atoms in total. The first-order chi connectivity index (χ1) is 10.1. The number of aromatic nitrogens is 1. The average Bonchev–Trinajstić information content (AvgIpc) is 2.92. The fourth-order valence-electron chi connectivity index (χ4n) is 3.31. The summed E-state index contributed by atoms with van der Waals surface area (Å²) in [6.07, 6.45) is 7.84. The fraction of sp³-hybridized carbons (Fsp3) is 0.722. The van der Waals surface area contributed by atoms with Crippen LogP contribution in [0.1, 0.15) is 52.5 Å². The third kappa shape index (κ3) is 3.97. The van der Waals surface area contributed by atoms with E-state index in [1.54, 1.807) is 0 Å². The lowest BCUT2D eigenvalue weighted by atomic mass is 9.82. The van der Waals surface area contributed by atoms with E-state index < -0.39 is 0 Å². The highest BCUT2D eigenvalue weighted by molar-refractivity contribution is 5.52. The zero-order valence-electron chi connectivity index (χ0n) is 14.2. The number of hydrogen-bond donors (Lipinski definition) is 1. The van der Waals surface area contributed by atoms with Gasteiger partial charge in [0.05, 0.1) is 11.9 Å². The maximum Gasteiger partial charge on any atom is 0.0598 e. The summed E-state index contributed by atoms with van der Waals surface area (Å²) in [7, 11) is 0. The highest BCUT2D eigenvalue weighted by atomic mass is 15.2. The van der Waals surface area contributed by atoms with Crippen molar-refractivity contribution >= 4 is 5.69 Å². The molecule has 1 saturated heterocycles. The Balaban J connectivity index is 2.06. The van der Waals surface area contributed by atoms with Crippen molar-refractivity contribution in [2.45, 2.75) is 53.5 Å². The molecule has 0 amide bonds. The van der Waals surface area contributed by atoms with Crippen molar-refractivity contribution in [1.29, 1.82) is 0 Å². The Labute approximate surface area is 130 Å². The van der Waals surface area contributed by atoms with Gasteiger partial charge in [0.2, 0.25) is 0 Å². The van der Waals surface area contributed by atoms with Gasteiger partial charge in [0.1, 0.15) is 0 Å². The monoisotopic (exact) mass is 289 g/mol. The van der Waals surface area contributed by atoms with E-state index in [0.717, 1.165) is 13.1 Å². The lowest BCUT2D eigenvalue weighted by Crippen LogP contribution is -2.28. The summed E-state index contributed by atoms with van der Waals surface area (Å²) >= 11 is 0. The van der Waals surface area contributed by atoms with Crippen LogP contribution in [0.15, 0.2) is 18.5 Å². The van der Waals surface area contributed by atoms with E-state index in [2.05, 4.69) is 49.0 Å². The molecule has 2 heterocycles. The summed E-state index contributed by atoms with van der Waals surface area (Å²) in [5.74, 6) is 0.690. The van der Waals surface area contributed by atoms with Gasteiger partial charge in [-0.1, -0.05) is 27.7 Å². The smallest absolute Gasteiger partial charge is 0.0598 e. The maximum atomic E-state index is 4.36. The summed E-state index contributed by atoms with van der Waals surface area (Å²) in [5.41, 5.74) is 3.23. The summed E-state index contributed by atoms with van der Waals surface area (Å²) in [4.78, 5) is 6.91. The highest BCUT2D eigenvalue weighted by Crippen LogP contribution is 2.39. The number of nitrogens with zero attached hydrogens (tertiary/aromatic N) is 2. The van der Waals surface area contributed by atoms with Gasteiger partial charge in [0, 0.05) is 25.8 Å². The number of hydrogen-bond acceptors (Lipinski definition) is 3. The molecule has 1 N–H and O–H groups in total. The zero-order valence-corrected chi connectivity index (χ0v) is 14.2. The van der Waals surface area contributed by atoms with Gasteiger partial charge in [-0.15, -0.1) is 0 Å². The molecule has 0 saturated carbocycles. The van der Waals surface area contributed by atoms with E-state index >= 15 is 0 Å². The largest absolute Gasteiger partial charge is 0.369 e. The molecule has 0 aromatic carbocycles. The van der Waals surface area contributed by atoms with Gasteiger partial charge < -0.3 is 10.2 Å². The Hall–Kier alpha value is -1.09. The molecule has 118 valence electrons. The molecule has 1 aromatic heterocycles. The van der Waals surface area contributed by atoms with E-state index in [0.29, 0.717) is 11.3 Å². The molecule has 1 fully saturated rings. The van der Waals surface area contributed by atoms with Gasteiger partial charge in [0.15, 0.2) is 0 Å². The van der Waals surface area contributed by atoms with Crippen LogP contribution < -0.4 is 10.2 Å². The van der Waals surface area contributed by atoms with Crippen LogP contribution in [-0.2, 0) is 6.54 Å². The molecule has 3 heteroatoms. The van der Waals surface area contributed by atoms with Gasteiger partial charge >= 0.3 is 0 Å². The highest BCUT2D eigenvalue weighted by Gasteiger charge is 2.35. The Bertz CT molecular complexity index is 438. The van der Waals surface area contributed by atoms with Crippen LogP contribution in [-0.4, -0.2) is 24.6 Å². The van der Waals surface area contributed by atoms with E-state index in [1.807, 2.05) is 12.4 Å². The van der Waals surface area contributed by atoms with Crippen LogP contribution in [0.5, 0.6) is 0 Å². The molecular formula is C18H31N3. The van der Waals surface area contributed by atoms with E-state index in [1.165, 1.54) is 43.6 Å². The second kappa shape index (κ2) is 7.26. The van der Waals surface area contributed by atoms with Crippen molar-refractivity contribution in [1.82, 2.24) is 10.3 Å². The van der Waals surface area contributed by atoms with Crippen molar-refractivity contribution in [2.75, 3.05) is 24.5 Å². The SMILES string of the molecule is CCC1(CC)CCN(c2cnccc2CNCC(C)C)C1. The van der Waals surface area contributed by atoms with Crippen molar-refractivity contribution in [3.8, 4) is 0 Å². The minimum atomic E-state index is 0.512. The van der Waals surface area contributed by atoms with Crippen LogP contribution in [0.25, 0.3) is 0 Å². The molecular weight excluding hydrogens is 258 g/mol. The summed E-state index contributed by atoms with van der Waals surface area (Å²) < 4.78 is 0. The topological polar surface area (TPSA) is 28.2 Å². The lowest BCUT2D eigenvalue weighted by Gasteiger charge is -2.28. The van der Waals surface area contributed by atoms with Crippen molar-refractivity contribution in [3.05, 3.63) is 24.0 Å². The van der Waals surface area contributed by atoms with Gasteiger partial charge in [0.25, 0.3) is 0 Å². The minimum Gasteiger partial charge on any atom is -0.369 e. The van der Waals surface area contributed by atoms with Crippen molar-refractivity contribution in [3.63, 3.8) is 0 Å². The average molecular weight is 289 g/mol. The van der Waals surface area contributed by atoms with Gasteiger partial charge in [-0.25, -0.2) is 0 Å². The summed E-state index contributed by atoms with van der Waals surface area (Å²) in [6, 6.07) is 2.17. The fourth-order valence-corrected chi connectivity index (χ4v) is 3.31. The van der Waals surface area contributed by atoms with Crippen LogP contribution in [0, 0.1) is 11.3 Å². The third-order valence-electron chi connectivity index (χ3n) is 5.03. The van der Waals surface area contributed by atoms with Crippen LogP contribution in [0.3, 0.4) is 0 Å². The first kappa shape index (κ1) is 16.3. The van der Waals surface area contributed by atoms with Crippen molar-refractivity contribution < 1.29 is 0 Å². The summed E-state index contributed by atoms with van der Waals surface area (Å²) in [6.45, 7) is 13.5. The van der Waals surface area contributed by atoms with Crippen LogP contribution >= 0.6 is 0 Å². The zero-order chi connectivity index (χ0) is 15.3. The quantitative estimate of drug-likeness (QED) is 0.826. The van der Waals surface area contributed by atoms with Gasteiger partial charge in [-0.2, -0.15) is 0 Å². The molecule has 21 heavy (non-hydrogen) atoms. The van der Waals surface area contributed by atoms with Crippen molar-refractivity contribution in [2.24, 2.45) is 11.3 Å². The van der Waals surface area contributed by atoms with Gasteiger partial charge in [-0.05, 0) is 48.8 Å². The normalized spacial score (nSPS) is 17.7. The molecule has 1 aromatic rings. The number of pyridine rings is 1. The summed E-state index contributed by atoms with van der Waals surface area (Å²) in [5, 5.41) is 3.56. The molecule has 0 bridgehead atoms.